The second-order valence-corrected chi connectivity index (χ2v) is 9.49. The zero-order chi connectivity index (χ0) is 17.9. The van der Waals surface area contributed by atoms with E-state index in [0.717, 1.165) is 11.5 Å². The van der Waals surface area contributed by atoms with Crippen molar-refractivity contribution in [1.82, 2.24) is 0 Å². The van der Waals surface area contributed by atoms with Crippen LogP contribution in [0.25, 0.3) is 0 Å². The van der Waals surface area contributed by atoms with E-state index in [9.17, 15) is 0 Å². The van der Waals surface area contributed by atoms with Gasteiger partial charge in [-0.15, -0.1) is 23.3 Å². The van der Waals surface area contributed by atoms with E-state index in [4.69, 9.17) is 4.74 Å². The Morgan fingerprint density at radius 1 is 0.731 bits per heavy atom. The molecule has 26 heavy (non-hydrogen) atoms. The molecule has 0 aliphatic carbocycles. The summed E-state index contributed by atoms with van der Waals surface area (Å²) in [5.74, 6) is 1.67. The van der Waals surface area contributed by atoms with E-state index in [-0.39, 0.29) is 54.0 Å². The average Bonchev–Trinajstić information content (AvgIpc) is 2.44. The van der Waals surface area contributed by atoms with Gasteiger partial charge in [0.25, 0.3) is 0 Å². The van der Waals surface area contributed by atoms with Crippen molar-refractivity contribution < 1.29 is 42.5 Å². The molecule has 0 N–H and O–H groups in total. The molecule has 0 fully saturated rings. The van der Waals surface area contributed by atoms with Crippen molar-refractivity contribution in [3.63, 3.8) is 0 Å². The fourth-order valence-corrected chi connectivity index (χ4v) is 3.18. The molecule has 0 aromatic heterocycles. The molecule has 0 amide bonds. The maximum atomic E-state index is 6.14. The first-order chi connectivity index (χ1) is 10.9. The van der Waals surface area contributed by atoms with Crippen LogP contribution < -0.4 is 42.5 Å². The van der Waals surface area contributed by atoms with E-state index in [1.165, 1.54) is 22.3 Å². The predicted molar refractivity (Wildman–Crippen MR) is 100 cm³/mol. The van der Waals surface area contributed by atoms with Crippen LogP contribution in [0.5, 0.6) is 11.5 Å². The number of ether oxygens (including phenoxy) is 1. The van der Waals surface area contributed by atoms with E-state index in [1.54, 1.807) is 0 Å². The first-order valence-electron chi connectivity index (χ1n) is 8.72. The van der Waals surface area contributed by atoms with Gasteiger partial charge in [0.05, 0.1) is 0 Å². The van der Waals surface area contributed by atoms with Crippen molar-refractivity contribution in [1.29, 1.82) is 0 Å². The standard InChI is InChI=1S/C23H28O.2Li/c1-21(2,3)15-9-11-19-17(13-15)23(7,8)18-14-16(22(4,5)6)10-12-20(18)24-19;;/h9-10,13-14H,1-8H3;;/q-2;2*+1. The van der Waals surface area contributed by atoms with Crippen LogP contribution in [-0.2, 0) is 16.2 Å². The third-order valence-electron chi connectivity index (χ3n) is 5.09. The number of rotatable bonds is 0. The zero-order valence-corrected chi connectivity index (χ0v) is 18.2. The fourth-order valence-electron chi connectivity index (χ4n) is 3.18. The van der Waals surface area contributed by atoms with Gasteiger partial charge in [0.1, 0.15) is 0 Å². The van der Waals surface area contributed by atoms with Gasteiger partial charge in [-0.2, -0.15) is 35.4 Å². The van der Waals surface area contributed by atoms with Gasteiger partial charge in [-0.1, -0.05) is 71.6 Å². The molecule has 3 heteroatoms. The summed E-state index contributed by atoms with van der Waals surface area (Å²) in [6.07, 6.45) is 0. The van der Waals surface area contributed by atoms with Gasteiger partial charge in [0.15, 0.2) is 0 Å². The number of benzene rings is 2. The maximum Gasteiger partial charge on any atom is 1.00 e. The summed E-state index contributed by atoms with van der Waals surface area (Å²) in [5.41, 5.74) is 5.07. The molecule has 2 aromatic carbocycles. The summed E-state index contributed by atoms with van der Waals surface area (Å²) in [7, 11) is 0. The van der Waals surface area contributed by atoms with E-state index in [1.807, 2.05) is 0 Å². The Labute approximate surface area is 183 Å². The summed E-state index contributed by atoms with van der Waals surface area (Å²) >= 11 is 0. The minimum Gasteiger partial charge on any atom is -0.509 e. The van der Waals surface area contributed by atoms with Gasteiger partial charge >= 0.3 is 37.7 Å². The van der Waals surface area contributed by atoms with Crippen LogP contribution in [0.4, 0.5) is 0 Å². The van der Waals surface area contributed by atoms with Crippen LogP contribution in [0.3, 0.4) is 0 Å². The normalized spacial score (nSPS) is 14.9. The van der Waals surface area contributed by atoms with Crippen LogP contribution in [0.2, 0.25) is 0 Å². The summed E-state index contributed by atoms with van der Waals surface area (Å²) in [6, 6.07) is 15.4. The monoisotopic (exact) mass is 334 g/mol. The van der Waals surface area contributed by atoms with Crippen molar-refractivity contribution in [2.75, 3.05) is 0 Å². The van der Waals surface area contributed by atoms with Gasteiger partial charge in [0.2, 0.25) is 0 Å². The molecule has 2 aromatic rings. The SMILES string of the molecule is CC(C)(C)c1c[c-]c2c(c1)C(C)(C)c1cc(C(C)(C)C)c[c-]c1O2.[Li+].[Li+]. The minimum absolute atomic E-state index is 0. The zero-order valence-electron chi connectivity index (χ0n) is 18.2. The average molecular weight is 334 g/mol. The Bertz CT molecular complexity index is 727. The van der Waals surface area contributed by atoms with Crippen LogP contribution >= 0.6 is 0 Å². The first kappa shape index (κ1) is 23.5. The van der Waals surface area contributed by atoms with E-state index < -0.39 is 0 Å². The molecule has 0 atom stereocenters. The van der Waals surface area contributed by atoms with Crippen molar-refractivity contribution in [2.45, 2.75) is 71.6 Å². The molecule has 0 bridgehead atoms. The van der Waals surface area contributed by atoms with Gasteiger partial charge in [-0.25, -0.2) is 0 Å². The second kappa shape index (κ2) is 7.45. The topological polar surface area (TPSA) is 9.23 Å². The molecule has 0 radical (unpaired) electrons. The smallest absolute Gasteiger partial charge is 0.509 e. The molecule has 1 nitrogen and oxygen atoms in total. The molecule has 128 valence electrons. The Morgan fingerprint density at radius 3 is 1.38 bits per heavy atom. The molecule has 0 saturated carbocycles. The fraction of sp³-hybridized carbons (Fsp3) is 0.478. The Morgan fingerprint density at radius 2 is 1.08 bits per heavy atom. The molecule has 0 unspecified atom stereocenters. The largest absolute Gasteiger partial charge is 1.00 e. The maximum absolute atomic E-state index is 6.14. The first-order valence-corrected chi connectivity index (χ1v) is 8.72. The third kappa shape index (κ3) is 4.13. The molecule has 1 aliphatic rings. The summed E-state index contributed by atoms with van der Waals surface area (Å²) in [6.45, 7) is 18.0. The molecular weight excluding hydrogens is 306 g/mol. The third-order valence-corrected chi connectivity index (χ3v) is 5.09. The summed E-state index contributed by atoms with van der Waals surface area (Å²) in [4.78, 5) is 0. The van der Waals surface area contributed by atoms with Crippen LogP contribution in [0.15, 0.2) is 24.3 Å². The number of hydrogen-bond donors (Lipinski definition) is 0. The van der Waals surface area contributed by atoms with E-state index >= 15 is 0 Å². The van der Waals surface area contributed by atoms with Crippen LogP contribution in [0.1, 0.15) is 77.6 Å². The van der Waals surface area contributed by atoms with Gasteiger partial charge in [0, 0.05) is 11.5 Å². The molecule has 1 aliphatic heterocycles. The minimum atomic E-state index is -0.127. The van der Waals surface area contributed by atoms with Crippen LogP contribution in [0, 0.1) is 12.1 Å². The van der Waals surface area contributed by atoms with Crippen molar-refractivity contribution in [2.24, 2.45) is 0 Å². The number of fused-ring (bicyclic) bond motifs is 2. The van der Waals surface area contributed by atoms with E-state index in [2.05, 4.69) is 91.8 Å². The van der Waals surface area contributed by atoms with Gasteiger partial charge < -0.3 is 4.74 Å². The Balaban J connectivity index is 0.00000169. The van der Waals surface area contributed by atoms with Crippen molar-refractivity contribution in [3.8, 4) is 11.5 Å². The predicted octanol–water partition coefficient (Wildman–Crippen LogP) is 0.322. The van der Waals surface area contributed by atoms with Crippen molar-refractivity contribution >= 4 is 0 Å². The number of hydrogen-bond acceptors (Lipinski definition) is 1. The van der Waals surface area contributed by atoms with Crippen LogP contribution in [-0.4, -0.2) is 0 Å². The van der Waals surface area contributed by atoms with E-state index in [0.29, 0.717) is 0 Å². The Hall–Kier alpha value is -0.565. The van der Waals surface area contributed by atoms with Crippen molar-refractivity contribution in [3.05, 3.63) is 58.7 Å². The molecule has 0 saturated heterocycles. The van der Waals surface area contributed by atoms with Gasteiger partial charge in [-0.3, -0.25) is 0 Å². The molecular formula is C23H28Li2O. The quantitative estimate of drug-likeness (QED) is 0.498. The van der Waals surface area contributed by atoms with Gasteiger partial charge in [-0.05, 0) is 0 Å². The molecule has 3 rings (SSSR count). The molecule has 1 heterocycles. The summed E-state index contributed by atoms with van der Waals surface area (Å²) in [5, 5.41) is 0. The second-order valence-electron chi connectivity index (χ2n) is 9.49. The Kier molecular flexibility index (Phi) is 6.73. The summed E-state index contributed by atoms with van der Waals surface area (Å²) < 4.78 is 6.14. The molecule has 0 spiro atoms.